The van der Waals surface area contributed by atoms with E-state index < -0.39 is 0 Å². The van der Waals surface area contributed by atoms with Gasteiger partial charge in [-0.15, -0.1) is 0 Å². The fraction of sp³-hybridized carbons (Fsp3) is 0.615. The van der Waals surface area contributed by atoms with Crippen molar-refractivity contribution in [1.82, 2.24) is 15.3 Å². The van der Waals surface area contributed by atoms with Gasteiger partial charge in [-0.3, -0.25) is 9.59 Å². The van der Waals surface area contributed by atoms with Crippen LogP contribution >= 0.6 is 0 Å². The van der Waals surface area contributed by atoms with Gasteiger partial charge in [0.05, 0.1) is 0 Å². The first-order chi connectivity index (χ1) is 9.22. The van der Waals surface area contributed by atoms with Gasteiger partial charge in [-0.25, -0.2) is 4.98 Å². The minimum Gasteiger partial charge on any atom is -0.382 e. The van der Waals surface area contributed by atoms with Crippen LogP contribution in [0, 0.1) is 0 Å². The lowest BCUT2D eigenvalue weighted by Gasteiger charge is -2.05. The number of amides is 1. The zero-order chi connectivity index (χ0) is 13.7. The third-order valence-electron chi connectivity index (χ3n) is 2.98. The number of aromatic amines is 1. The Morgan fingerprint density at radius 1 is 1.58 bits per heavy atom. The van der Waals surface area contributed by atoms with E-state index in [0.29, 0.717) is 31.5 Å². The van der Waals surface area contributed by atoms with Crippen LogP contribution in [0.4, 0.5) is 0 Å². The summed E-state index contributed by atoms with van der Waals surface area (Å²) >= 11 is 0. The molecule has 0 unspecified atom stereocenters. The van der Waals surface area contributed by atoms with Crippen molar-refractivity contribution in [1.29, 1.82) is 0 Å². The van der Waals surface area contributed by atoms with Gasteiger partial charge in [-0.05, 0) is 26.2 Å². The van der Waals surface area contributed by atoms with Crippen molar-refractivity contribution in [2.75, 3.05) is 19.8 Å². The van der Waals surface area contributed by atoms with Crippen molar-refractivity contribution in [2.45, 2.75) is 32.1 Å². The van der Waals surface area contributed by atoms with Crippen molar-refractivity contribution < 1.29 is 9.53 Å². The SMILES string of the molecule is CCOCCCNC(=O)c1cnc(C2CC2)[nH]c1=O. The molecule has 2 rings (SSSR count). The molecule has 6 heteroatoms. The minimum absolute atomic E-state index is 0.0702. The molecule has 1 heterocycles. The second kappa shape index (κ2) is 6.47. The highest BCUT2D eigenvalue weighted by molar-refractivity contribution is 5.93. The Balaban J connectivity index is 1.86. The Labute approximate surface area is 111 Å². The van der Waals surface area contributed by atoms with Crippen LogP contribution in [0.5, 0.6) is 0 Å². The molecule has 1 saturated carbocycles. The smallest absolute Gasteiger partial charge is 0.263 e. The van der Waals surface area contributed by atoms with Gasteiger partial charge in [-0.1, -0.05) is 0 Å². The number of nitrogens with one attached hydrogen (secondary N) is 2. The summed E-state index contributed by atoms with van der Waals surface area (Å²) in [5, 5.41) is 2.68. The van der Waals surface area contributed by atoms with Gasteiger partial charge in [0, 0.05) is 31.9 Å². The zero-order valence-corrected chi connectivity index (χ0v) is 11.1. The van der Waals surface area contributed by atoms with E-state index in [4.69, 9.17) is 4.74 Å². The summed E-state index contributed by atoms with van der Waals surface area (Å²) in [6, 6.07) is 0. The zero-order valence-electron chi connectivity index (χ0n) is 11.1. The van der Waals surface area contributed by atoms with E-state index in [1.54, 1.807) is 0 Å². The highest BCUT2D eigenvalue weighted by atomic mass is 16.5. The van der Waals surface area contributed by atoms with Crippen LogP contribution in [0.3, 0.4) is 0 Å². The molecule has 1 aromatic heterocycles. The summed E-state index contributed by atoms with van der Waals surface area (Å²) in [5.74, 6) is 0.682. The Morgan fingerprint density at radius 3 is 3.00 bits per heavy atom. The first kappa shape index (κ1) is 13.7. The maximum absolute atomic E-state index is 11.8. The van der Waals surface area contributed by atoms with Crippen LogP contribution in [-0.2, 0) is 4.74 Å². The second-order valence-corrected chi connectivity index (χ2v) is 4.59. The van der Waals surface area contributed by atoms with E-state index in [1.807, 2.05) is 6.92 Å². The summed E-state index contributed by atoms with van der Waals surface area (Å²) in [6.07, 6.45) is 4.22. The molecule has 104 valence electrons. The van der Waals surface area contributed by atoms with E-state index in [0.717, 1.165) is 19.3 Å². The highest BCUT2D eigenvalue weighted by Crippen LogP contribution is 2.37. The Morgan fingerprint density at radius 2 is 2.37 bits per heavy atom. The van der Waals surface area contributed by atoms with Gasteiger partial charge in [0.15, 0.2) is 0 Å². The monoisotopic (exact) mass is 265 g/mol. The molecule has 0 aromatic carbocycles. The van der Waals surface area contributed by atoms with Gasteiger partial charge in [0.2, 0.25) is 0 Å². The van der Waals surface area contributed by atoms with Gasteiger partial charge in [-0.2, -0.15) is 0 Å². The van der Waals surface area contributed by atoms with Crippen molar-refractivity contribution in [3.63, 3.8) is 0 Å². The lowest BCUT2D eigenvalue weighted by Crippen LogP contribution is -2.31. The Bertz CT molecular complexity index is 494. The van der Waals surface area contributed by atoms with Gasteiger partial charge in [0.1, 0.15) is 11.4 Å². The summed E-state index contributed by atoms with van der Waals surface area (Å²) in [4.78, 5) is 30.4. The fourth-order valence-corrected chi connectivity index (χ4v) is 1.75. The minimum atomic E-state index is -0.382. The maximum atomic E-state index is 11.8. The molecule has 0 atom stereocenters. The van der Waals surface area contributed by atoms with Crippen LogP contribution in [-0.4, -0.2) is 35.6 Å². The van der Waals surface area contributed by atoms with Crippen molar-refractivity contribution in [3.05, 3.63) is 27.9 Å². The normalized spacial score (nSPS) is 14.4. The maximum Gasteiger partial charge on any atom is 0.263 e. The van der Waals surface area contributed by atoms with Crippen LogP contribution in [0.15, 0.2) is 11.0 Å². The van der Waals surface area contributed by atoms with E-state index in [2.05, 4.69) is 15.3 Å². The second-order valence-electron chi connectivity index (χ2n) is 4.59. The molecule has 0 spiro atoms. The molecule has 0 radical (unpaired) electrons. The van der Waals surface area contributed by atoms with Crippen LogP contribution in [0.1, 0.15) is 48.3 Å². The molecule has 1 aliphatic carbocycles. The van der Waals surface area contributed by atoms with Crippen molar-refractivity contribution in [3.8, 4) is 0 Å². The number of hydrogen-bond donors (Lipinski definition) is 2. The predicted octanol–water partition coefficient (Wildman–Crippen LogP) is 0.804. The molecule has 1 aromatic rings. The van der Waals surface area contributed by atoms with E-state index in [-0.39, 0.29) is 17.0 Å². The average Bonchev–Trinajstić information content (AvgIpc) is 3.22. The number of aromatic nitrogens is 2. The molecular formula is C13H19N3O3. The number of H-pyrrole nitrogens is 1. The molecular weight excluding hydrogens is 246 g/mol. The van der Waals surface area contributed by atoms with Crippen molar-refractivity contribution >= 4 is 5.91 Å². The standard InChI is InChI=1S/C13H19N3O3/c1-2-19-7-3-6-14-12(17)10-8-15-11(9-4-5-9)16-13(10)18/h8-9H,2-7H2,1H3,(H,14,17)(H,15,16,18). The largest absolute Gasteiger partial charge is 0.382 e. The fourth-order valence-electron chi connectivity index (χ4n) is 1.75. The quantitative estimate of drug-likeness (QED) is 0.714. The van der Waals surface area contributed by atoms with Gasteiger partial charge < -0.3 is 15.0 Å². The molecule has 0 saturated heterocycles. The Hall–Kier alpha value is -1.69. The summed E-state index contributed by atoms with van der Waals surface area (Å²) < 4.78 is 5.16. The average molecular weight is 265 g/mol. The molecule has 1 fully saturated rings. The first-order valence-corrected chi connectivity index (χ1v) is 6.67. The van der Waals surface area contributed by atoms with E-state index in [1.165, 1.54) is 6.20 Å². The molecule has 6 nitrogen and oxygen atoms in total. The van der Waals surface area contributed by atoms with E-state index in [9.17, 15) is 9.59 Å². The molecule has 2 N–H and O–H groups in total. The Kier molecular flexibility index (Phi) is 4.68. The molecule has 0 bridgehead atoms. The first-order valence-electron chi connectivity index (χ1n) is 6.67. The lowest BCUT2D eigenvalue weighted by atomic mass is 10.3. The molecule has 1 aliphatic rings. The highest BCUT2D eigenvalue weighted by Gasteiger charge is 2.26. The van der Waals surface area contributed by atoms with E-state index >= 15 is 0 Å². The molecule has 19 heavy (non-hydrogen) atoms. The number of hydrogen-bond acceptors (Lipinski definition) is 4. The number of ether oxygens (including phenoxy) is 1. The lowest BCUT2D eigenvalue weighted by molar-refractivity contribution is 0.0942. The number of rotatable bonds is 7. The summed E-state index contributed by atoms with van der Waals surface area (Å²) in [6.45, 7) is 3.68. The third kappa shape index (κ3) is 3.89. The topological polar surface area (TPSA) is 84.1 Å². The van der Waals surface area contributed by atoms with Crippen LogP contribution in [0.25, 0.3) is 0 Å². The summed E-state index contributed by atoms with van der Waals surface area (Å²) in [7, 11) is 0. The summed E-state index contributed by atoms with van der Waals surface area (Å²) in [5.41, 5.74) is -0.292. The van der Waals surface area contributed by atoms with Crippen LogP contribution in [0.2, 0.25) is 0 Å². The molecule has 1 amide bonds. The van der Waals surface area contributed by atoms with Gasteiger partial charge >= 0.3 is 0 Å². The molecule has 0 aliphatic heterocycles. The number of carbonyl (C=O) groups is 1. The number of nitrogens with zero attached hydrogens (tertiary/aromatic N) is 1. The van der Waals surface area contributed by atoms with Crippen molar-refractivity contribution in [2.24, 2.45) is 0 Å². The number of carbonyl (C=O) groups excluding carboxylic acids is 1. The van der Waals surface area contributed by atoms with Gasteiger partial charge in [0.25, 0.3) is 11.5 Å². The predicted molar refractivity (Wildman–Crippen MR) is 70.3 cm³/mol. The van der Waals surface area contributed by atoms with Crippen LogP contribution < -0.4 is 10.9 Å². The third-order valence-corrected chi connectivity index (χ3v) is 2.98.